The van der Waals surface area contributed by atoms with Gasteiger partial charge in [0.25, 0.3) is 11.8 Å². The zero-order chi connectivity index (χ0) is 20.0. The molecule has 0 aromatic carbocycles. The van der Waals surface area contributed by atoms with E-state index in [1.165, 1.54) is 18.3 Å². The SMILES string of the molecule is CC[C@@H]1[C@H](F)C(=O)N[C@@H]1COC1=CC(F)=CC2C=C(C(N)=O)c3nccn3C12. The summed E-state index contributed by atoms with van der Waals surface area (Å²) in [6.45, 7) is 1.82. The standard InChI is InChI=1S/C19H20F2N4O3/c1-2-11-13(24-19(27)15(11)21)8-28-14-7-10(20)5-9-6-12(17(22)26)18-23-3-4-25(18)16(9)14/h3-7,9,11,13,15-16H,2,8H2,1H3,(H2,22,26)(H,24,27)/t9?,11-,13+,15-,16?/m0/s1. The molecule has 4 rings (SSSR count). The number of hydrogen-bond donors (Lipinski definition) is 2. The van der Waals surface area contributed by atoms with E-state index in [4.69, 9.17) is 10.5 Å². The lowest BCUT2D eigenvalue weighted by molar-refractivity contribution is -0.124. The summed E-state index contributed by atoms with van der Waals surface area (Å²) in [5.74, 6) is -2.09. The number of hydrogen-bond acceptors (Lipinski definition) is 4. The molecule has 5 atom stereocenters. The number of rotatable bonds is 5. The molecule has 3 aliphatic rings. The van der Waals surface area contributed by atoms with E-state index in [1.54, 1.807) is 23.8 Å². The van der Waals surface area contributed by atoms with Crippen LogP contribution in [0.5, 0.6) is 0 Å². The maximum atomic E-state index is 14.2. The largest absolute Gasteiger partial charge is 0.493 e. The Morgan fingerprint density at radius 1 is 1.43 bits per heavy atom. The number of nitrogens with zero attached hydrogens (tertiary/aromatic N) is 2. The molecule has 0 saturated carbocycles. The number of aromatic nitrogens is 2. The molecule has 1 aromatic rings. The van der Waals surface area contributed by atoms with Crippen molar-refractivity contribution >= 4 is 17.4 Å². The second kappa shape index (κ2) is 6.88. The molecule has 1 saturated heterocycles. The van der Waals surface area contributed by atoms with E-state index in [-0.39, 0.29) is 12.2 Å². The van der Waals surface area contributed by atoms with Crippen molar-refractivity contribution in [1.82, 2.24) is 14.9 Å². The fourth-order valence-corrected chi connectivity index (χ4v) is 4.14. The number of nitrogens with one attached hydrogen (secondary N) is 1. The van der Waals surface area contributed by atoms with Gasteiger partial charge in [0.1, 0.15) is 30.1 Å². The van der Waals surface area contributed by atoms with Crippen LogP contribution in [0.1, 0.15) is 25.2 Å². The third kappa shape index (κ3) is 2.90. The van der Waals surface area contributed by atoms with E-state index in [0.29, 0.717) is 18.0 Å². The van der Waals surface area contributed by atoms with Gasteiger partial charge in [-0.25, -0.2) is 13.8 Å². The zero-order valence-electron chi connectivity index (χ0n) is 15.1. The van der Waals surface area contributed by atoms with Crippen LogP contribution in [-0.4, -0.2) is 40.2 Å². The van der Waals surface area contributed by atoms with Gasteiger partial charge in [0.05, 0.1) is 11.6 Å². The molecule has 0 spiro atoms. The number of halogens is 2. The monoisotopic (exact) mass is 390 g/mol. The number of fused-ring (bicyclic) bond motifs is 3. The normalized spacial score (nSPS) is 31.2. The average Bonchev–Trinajstić information content (AvgIpc) is 3.23. The number of imidazole rings is 1. The second-order valence-electron chi connectivity index (χ2n) is 7.12. The molecule has 9 heteroatoms. The Hall–Kier alpha value is -2.97. The highest BCUT2D eigenvalue weighted by molar-refractivity contribution is 6.18. The number of allylic oxidation sites excluding steroid dienone is 5. The van der Waals surface area contributed by atoms with Crippen molar-refractivity contribution in [3.63, 3.8) is 0 Å². The van der Waals surface area contributed by atoms with E-state index >= 15 is 0 Å². The predicted molar refractivity (Wildman–Crippen MR) is 95.8 cm³/mol. The lowest BCUT2D eigenvalue weighted by Crippen LogP contribution is -2.35. The van der Waals surface area contributed by atoms with Crippen molar-refractivity contribution in [2.75, 3.05) is 6.61 Å². The van der Waals surface area contributed by atoms with Gasteiger partial charge < -0.3 is 20.4 Å². The lowest BCUT2D eigenvalue weighted by atomic mass is 9.87. The summed E-state index contributed by atoms with van der Waals surface area (Å²) in [7, 11) is 0. The van der Waals surface area contributed by atoms with Gasteiger partial charge in [-0.1, -0.05) is 13.0 Å². The number of nitrogens with two attached hydrogens (primary N) is 1. The van der Waals surface area contributed by atoms with E-state index in [1.807, 2.05) is 0 Å². The van der Waals surface area contributed by atoms with E-state index in [9.17, 15) is 18.4 Å². The molecule has 0 bridgehead atoms. The van der Waals surface area contributed by atoms with E-state index in [0.717, 1.165) is 0 Å². The Kier molecular flexibility index (Phi) is 4.52. The Morgan fingerprint density at radius 2 is 2.21 bits per heavy atom. The van der Waals surface area contributed by atoms with Gasteiger partial charge in [0, 0.05) is 30.3 Å². The zero-order valence-corrected chi connectivity index (χ0v) is 15.1. The first-order valence-electron chi connectivity index (χ1n) is 9.11. The number of carbonyl (C=O) groups excluding carboxylic acids is 2. The van der Waals surface area contributed by atoms with E-state index in [2.05, 4.69) is 10.3 Å². The minimum atomic E-state index is -1.57. The number of alkyl halides is 1. The van der Waals surface area contributed by atoms with Gasteiger partial charge in [-0.05, 0) is 12.5 Å². The Morgan fingerprint density at radius 3 is 2.93 bits per heavy atom. The van der Waals surface area contributed by atoms with Crippen LogP contribution in [0.2, 0.25) is 0 Å². The fourth-order valence-electron chi connectivity index (χ4n) is 4.14. The molecular formula is C19H20F2N4O3. The quantitative estimate of drug-likeness (QED) is 0.797. The van der Waals surface area contributed by atoms with Crippen LogP contribution >= 0.6 is 0 Å². The third-order valence-electron chi connectivity index (χ3n) is 5.49. The molecule has 3 N–H and O–H groups in total. The molecule has 7 nitrogen and oxygen atoms in total. The number of primary amides is 1. The van der Waals surface area contributed by atoms with Crippen LogP contribution in [0.4, 0.5) is 8.78 Å². The van der Waals surface area contributed by atoms with Crippen molar-refractivity contribution in [3.05, 3.63) is 48.0 Å². The molecular weight excluding hydrogens is 370 g/mol. The smallest absolute Gasteiger partial charge is 0.255 e. The maximum Gasteiger partial charge on any atom is 0.255 e. The summed E-state index contributed by atoms with van der Waals surface area (Å²) in [6.07, 6.45) is 6.32. The van der Waals surface area contributed by atoms with Crippen LogP contribution in [0, 0.1) is 11.8 Å². The second-order valence-corrected chi connectivity index (χ2v) is 7.12. The van der Waals surface area contributed by atoms with Crippen LogP contribution in [0.15, 0.2) is 42.2 Å². The molecule has 2 unspecified atom stereocenters. The number of carbonyl (C=O) groups is 2. The maximum absolute atomic E-state index is 14.2. The van der Waals surface area contributed by atoms with Gasteiger partial charge in [-0.2, -0.15) is 0 Å². The highest BCUT2D eigenvalue weighted by atomic mass is 19.1. The van der Waals surface area contributed by atoms with Crippen molar-refractivity contribution in [2.45, 2.75) is 31.6 Å². The Labute approximate surface area is 159 Å². The number of ether oxygens (including phenoxy) is 1. The molecule has 1 aliphatic carbocycles. The van der Waals surface area contributed by atoms with Gasteiger partial charge >= 0.3 is 0 Å². The van der Waals surface area contributed by atoms with Gasteiger partial charge in [0.15, 0.2) is 6.17 Å². The summed E-state index contributed by atoms with van der Waals surface area (Å²) in [6, 6.07) is -0.943. The Bertz CT molecular complexity index is 920. The summed E-state index contributed by atoms with van der Waals surface area (Å²) < 4.78 is 35.8. The molecule has 2 amide bonds. The summed E-state index contributed by atoms with van der Waals surface area (Å²) in [5, 5.41) is 2.60. The van der Waals surface area contributed by atoms with Crippen LogP contribution in [0.3, 0.4) is 0 Å². The summed E-state index contributed by atoms with van der Waals surface area (Å²) >= 11 is 0. The van der Waals surface area contributed by atoms with Gasteiger partial charge in [0.2, 0.25) is 0 Å². The molecule has 1 fully saturated rings. The molecule has 3 heterocycles. The van der Waals surface area contributed by atoms with Crippen molar-refractivity contribution < 1.29 is 23.1 Å². The minimum absolute atomic E-state index is 0.0173. The minimum Gasteiger partial charge on any atom is -0.493 e. The van der Waals surface area contributed by atoms with Crippen LogP contribution < -0.4 is 11.1 Å². The summed E-state index contributed by atoms with van der Waals surface area (Å²) in [5.41, 5.74) is 5.65. The molecule has 1 aromatic heterocycles. The van der Waals surface area contributed by atoms with Crippen LogP contribution in [-0.2, 0) is 14.3 Å². The summed E-state index contributed by atoms with van der Waals surface area (Å²) in [4.78, 5) is 27.5. The fraction of sp³-hybridized carbons (Fsp3) is 0.421. The molecule has 28 heavy (non-hydrogen) atoms. The highest BCUT2D eigenvalue weighted by Gasteiger charge is 2.43. The first-order chi connectivity index (χ1) is 13.4. The van der Waals surface area contributed by atoms with Crippen LogP contribution in [0.25, 0.3) is 5.57 Å². The first-order valence-corrected chi connectivity index (χ1v) is 9.11. The number of amides is 2. The molecule has 2 aliphatic heterocycles. The Balaban J connectivity index is 1.60. The topological polar surface area (TPSA) is 99.2 Å². The van der Waals surface area contributed by atoms with Gasteiger partial charge in [-0.3, -0.25) is 9.59 Å². The molecule has 148 valence electrons. The lowest BCUT2D eigenvalue weighted by Gasteiger charge is -2.34. The highest BCUT2D eigenvalue weighted by Crippen LogP contribution is 2.41. The third-order valence-corrected chi connectivity index (χ3v) is 5.49. The van der Waals surface area contributed by atoms with Crippen molar-refractivity contribution in [1.29, 1.82) is 0 Å². The van der Waals surface area contributed by atoms with E-state index < -0.39 is 47.7 Å². The van der Waals surface area contributed by atoms with Gasteiger partial charge in [-0.15, -0.1) is 0 Å². The predicted octanol–water partition coefficient (Wildman–Crippen LogP) is 1.55. The van der Waals surface area contributed by atoms with Crippen molar-refractivity contribution in [3.8, 4) is 0 Å². The molecule has 0 radical (unpaired) electrons. The average molecular weight is 390 g/mol. The van der Waals surface area contributed by atoms with Crippen molar-refractivity contribution in [2.24, 2.45) is 17.6 Å². The first kappa shape index (κ1) is 18.4.